The molecule has 1 aliphatic heterocycles. The second kappa shape index (κ2) is 5.92. The fraction of sp³-hybridized carbons (Fsp3) is 0.917. The van der Waals surface area contributed by atoms with E-state index in [-0.39, 0.29) is 5.91 Å². The van der Waals surface area contributed by atoms with Gasteiger partial charge in [0.05, 0.1) is 0 Å². The normalized spacial score (nSPS) is 22.6. The SMILES string of the molecule is CC(CN)CC(=O)N1CCSC(C)(C)CC1. The highest BCUT2D eigenvalue weighted by atomic mass is 32.2. The highest BCUT2D eigenvalue weighted by molar-refractivity contribution is 8.00. The van der Waals surface area contributed by atoms with E-state index in [9.17, 15) is 4.79 Å². The third kappa shape index (κ3) is 4.34. The molecular formula is C12H24N2OS. The number of hydrogen-bond acceptors (Lipinski definition) is 3. The zero-order chi connectivity index (χ0) is 12.2. The van der Waals surface area contributed by atoms with Crippen LogP contribution < -0.4 is 5.73 Å². The third-order valence-electron chi connectivity index (χ3n) is 3.12. The molecule has 1 heterocycles. The minimum atomic E-state index is 0.274. The molecule has 0 radical (unpaired) electrons. The lowest BCUT2D eigenvalue weighted by Crippen LogP contribution is -2.35. The molecule has 1 aliphatic rings. The van der Waals surface area contributed by atoms with Crippen LogP contribution in [0.15, 0.2) is 0 Å². The van der Waals surface area contributed by atoms with E-state index in [0.29, 0.717) is 23.6 Å². The van der Waals surface area contributed by atoms with Crippen LogP contribution >= 0.6 is 11.8 Å². The molecule has 0 aromatic rings. The van der Waals surface area contributed by atoms with Gasteiger partial charge in [-0.2, -0.15) is 11.8 Å². The maximum atomic E-state index is 12.0. The van der Waals surface area contributed by atoms with Crippen LogP contribution in [0.5, 0.6) is 0 Å². The summed E-state index contributed by atoms with van der Waals surface area (Å²) in [7, 11) is 0. The smallest absolute Gasteiger partial charge is 0.222 e. The topological polar surface area (TPSA) is 46.3 Å². The standard InChI is InChI=1S/C12H24N2OS/c1-10(9-13)8-11(15)14-5-4-12(2,3)16-7-6-14/h10H,4-9,13H2,1-3H3. The van der Waals surface area contributed by atoms with Gasteiger partial charge in [-0.05, 0) is 18.9 Å². The fourth-order valence-electron chi connectivity index (χ4n) is 1.78. The molecule has 0 spiro atoms. The first-order valence-electron chi connectivity index (χ1n) is 6.06. The Labute approximate surface area is 103 Å². The number of nitrogens with zero attached hydrogens (tertiary/aromatic N) is 1. The molecule has 0 aromatic heterocycles. The first kappa shape index (κ1) is 13.8. The first-order valence-corrected chi connectivity index (χ1v) is 7.05. The van der Waals surface area contributed by atoms with Crippen LogP contribution in [-0.4, -0.2) is 40.9 Å². The lowest BCUT2D eigenvalue weighted by Gasteiger charge is -2.23. The Hall–Kier alpha value is -0.220. The predicted octanol–water partition coefficient (Wildman–Crippen LogP) is 1.72. The minimum absolute atomic E-state index is 0.274. The highest BCUT2D eigenvalue weighted by Gasteiger charge is 2.26. The molecule has 0 aromatic carbocycles. The van der Waals surface area contributed by atoms with E-state index in [1.165, 1.54) is 0 Å². The quantitative estimate of drug-likeness (QED) is 0.822. The number of amides is 1. The van der Waals surface area contributed by atoms with Crippen molar-refractivity contribution in [2.24, 2.45) is 11.7 Å². The average Bonchev–Trinajstić information content (AvgIpc) is 2.39. The van der Waals surface area contributed by atoms with Crippen molar-refractivity contribution in [3.63, 3.8) is 0 Å². The Bertz CT molecular complexity index is 243. The van der Waals surface area contributed by atoms with Gasteiger partial charge >= 0.3 is 0 Å². The summed E-state index contributed by atoms with van der Waals surface area (Å²) in [5.74, 6) is 1.63. The van der Waals surface area contributed by atoms with Crippen molar-refractivity contribution in [2.75, 3.05) is 25.4 Å². The van der Waals surface area contributed by atoms with Crippen LogP contribution in [-0.2, 0) is 4.79 Å². The summed E-state index contributed by atoms with van der Waals surface area (Å²) < 4.78 is 0.314. The Morgan fingerprint density at radius 2 is 2.19 bits per heavy atom. The maximum absolute atomic E-state index is 12.0. The summed E-state index contributed by atoms with van der Waals surface area (Å²) in [6.45, 7) is 8.94. The van der Waals surface area contributed by atoms with Gasteiger partial charge in [-0.1, -0.05) is 20.8 Å². The summed E-state index contributed by atoms with van der Waals surface area (Å²) in [6, 6.07) is 0. The van der Waals surface area contributed by atoms with Crippen LogP contribution in [0.25, 0.3) is 0 Å². The summed E-state index contributed by atoms with van der Waals surface area (Å²) in [5, 5.41) is 0. The number of carbonyl (C=O) groups excluding carboxylic acids is 1. The van der Waals surface area contributed by atoms with E-state index in [1.807, 2.05) is 23.6 Å². The van der Waals surface area contributed by atoms with Crippen molar-refractivity contribution in [3.05, 3.63) is 0 Å². The molecule has 1 saturated heterocycles. The molecule has 0 saturated carbocycles. The molecule has 2 N–H and O–H groups in total. The van der Waals surface area contributed by atoms with E-state index in [2.05, 4.69) is 13.8 Å². The number of thioether (sulfide) groups is 1. The summed E-state index contributed by atoms with van der Waals surface area (Å²) in [6.07, 6.45) is 1.68. The van der Waals surface area contributed by atoms with Crippen LogP contribution in [0.1, 0.15) is 33.6 Å². The zero-order valence-electron chi connectivity index (χ0n) is 10.7. The molecule has 94 valence electrons. The molecule has 1 atom stereocenters. The zero-order valence-corrected chi connectivity index (χ0v) is 11.5. The molecule has 1 fully saturated rings. The van der Waals surface area contributed by atoms with E-state index < -0.39 is 0 Å². The molecule has 0 bridgehead atoms. The van der Waals surface area contributed by atoms with Crippen molar-refractivity contribution in [1.82, 2.24) is 4.90 Å². The Balaban J connectivity index is 2.45. The molecule has 1 rings (SSSR count). The Morgan fingerprint density at radius 3 is 2.81 bits per heavy atom. The Morgan fingerprint density at radius 1 is 1.50 bits per heavy atom. The Kier molecular flexibility index (Phi) is 5.12. The van der Waals surface area contributed by atoms with Gasteiger partial charge in [-0.3, -0.25) is 4.79 Å². The van der Waals surface area contributed by atoms with Crippen molar-refractivity contribution < 1.29 is 4.79 Å². The number of hydrogen-bond donors (Lipinski definition) is 1. The van der Waals surface area contributed by atoms with Crippen LogP contribution in [0, 0.1) is 5.92 Å². The molecular weight excluding hydrogens is 220 g/mol. The van der Waals surface area contributed by atoms with Gasteiger partial charge in [0.15, 0.2) is 0 Å². The largest absolute Gasteiger partial charge is 0.342 e. The summed E-state index contributed by atoms with van der Waals surface area (Å²) >= 11 is 1.97. The highest BCUT2D eigenvalue weighted by Crippen LogP contribution is 2.30. The van der Waals surface area contributed by atoms with Crippen LogP contribution in [0.4, 0.5) is 0 Å². The molecule has 0 aliphatic carbocycles. The number of rotatable bonds is 3. The van der Waals surface area contributed by atoms with Gasteiger partial charge in [0.2, 0.25) is 5.91 Å². The van der Waals surface area contributed by atoms with Gasteiger partial charge in [0, 0.05) is 30.0 Å². The van der Waals surface area contributed by atoms with Gasteiger partial charge in [0.25, 0.3) is 0 Å². The van der Waals surface area contributed by atoms with Crippen molar-refractivity contribution in [2.45, 2.75) is 38.4 Å². The van der Waals surface area contributed by atoms with E-state index >= 15 is 0 Å². The molecule has 4 heteroatoms. The second-order valence-electron chi connectivity index (χ2n) is 5.28. The van der Waals surface area contributed by atoms with Gasteiger partial charge < -0.3 is 10.6 Å². The molecule has 1 unspecified atom stereocenters. The fourth-order valence-corrected chi connectivity index (χ4v) is 2.88. The van der Waals surface area contributed by atoms with E-state index in [1.54, 1.807) is 0 Å². The van der Waals surface area contributed by atoms with Crippen molar-refractivity contribution in [3.8, 4) is 0 Å². The van der Waals surface area contributed by atoms with Crippen molar-refractivity contribution >= 4 is 17.7 Å². The lowest BCUT2D eigenvalue weighted by molar-refractivity contribution is -0.131. The van der Waals surface area contributed by atoms with Crippen LogP contribution in [0.2, 0.25) is 0 Å². The molecule has 16 heavy (non-hydrogen) atoms. The third-order valence-corrected chi connectivity index (χ3v) is 4.49. The van der Waals surface area contributed by atoms with Gasteiger partial charge in [0.1, 0.15) is 0 Å². The van der Waals surface area contributed by atoms with Gasteiger partial charge in [-0.25, -0.2) is 0 Å². The summed E-state index contributed by atoms with van der Waals surface area (Å²) in [4.78, 5) is 14.0. The molecule has 1 amide bonds. The second-order valence-corrected chi connectivity index (χ2v) is 7.09. The summed E-state index contributed by atoms with van der Waals surface area (Å²) in [5.41, 5.74) is 5.55. The molecule has 3 nitrogen and oxygen atoms in total. The monoisotopic (exact) mass is 244 g/mol. The first-order chi connectivity index (χ1) is 7.44. The van der Waals surface area contributed by atoms with Gasteiger partial charge in [-0.15, -0.1) is 0 Å². The van der Waals surface area contributed by atoms with Crippen LogP contribution in [0.3, 0.4) is 0 Å². The van der Waals surface area contributed by atoms with E-state index in [4.69, 9.17) is 5.73 Å². The van der Waals surface area contributed by atoms with E-state index in [0.717, 1.165) is 25.3 Å². The number of carbonyl (C=O) groups is 1. The predicted molar refractivity (Wildman–Crippen MR) is 70.6 cm³/mol. The number of nitrogens with two attached hydrogens (primary N) is 1. The lowest BCUT2D eigenvalue weighted by atomic mass is 10.1. The van der Waals surface area contributed by atoms with Crippen molar-refractivity contribution in [1.29, 1.82) is 0 Å². The average molecular weight is 244 g/mol. The maximum Gasteiger partial charge on any atom is 0.222 e. The minimum Gasteiger partial charge on any atom is -0.342 e.